The van der Waals surface area contributed by atoms with Crippen LogP contribution in [-0.2, 0) is 17.8 Å². The Kier molecular flexibility index (Phi) is 6.14. The van der Waals surface area contributed by atoms with Crippen molar-refractivity contribution < 1.29 is 31.9 Å². The molecule has 1 N–H and O–H groups in total. The van der Waals surface area contributed by atoms with Gasteiger partial charge in [-0.25, -0.2) is 4.39 Å². The molecule has 0 radical (unpaired) electrons. The maximum atomic E-state index is 13.8. The van der Waals surface area contributed by atoms with Gasteiger partial charge >= 0.3 is 6.36 Å². The summed E-state index contributed by atoms with van der Waals surface area (Å²) in [5.74, 6) is -2.07. The molecule has 0 aliphatic carbocycles. The van der Waals surface area contributed by atoms with E-state index in [4.69, 9.17) is 0 Å². The zero-order valence-corrected chi connectivity index (χ0v) is 14.5. The van der Waals surface area contributed by atoms with Crippen molar-refractivity contribution in [3.8, 4) is 5.75 Å². The molecule has 0 saturated carbocycles. The second-order valence-electron chi connectivity index (χ2n) is 5.85. The average molecular weight is 384 g/mol. The smallest absolute Gasteiger partial charge is 0.406 e. The molecule has 9 heteroatoms. The lowest BCUT2D eigenvalue weighted by molar-refractivity contribution is -0.274. The number of pyridine rings is 1. The molecule has 144 valence electrons. The van der Waals surface area contributed by atoms with E-state index in [1.54, 1.807) is 6.92 Å². The maximum Gasteiger partial charge on any atom is 0.573 e. The van der Waals surface area contributed by atoms with Gasteiger partial charge < -0.3 is 10.1 Å². The van der Waals surface area contributed by atoms with Crippen LogP contribution < -0.4 is 10.1 Å². The zero-order valence-electron chi connectivity index (χ0n) is 14.5. The molecule has 0 atom stereocenters. The van der Waals surface area contributed by atoms with Gasteiger partial charge in [0, 0.05) is 35.5 Å². The van der Waals surface area contributed by atoms with Crippen molar-refractivity contribution in [2.24, 2.45) is 0 Å². The SMILES string of the molecule is CC(=O)Cc1cc(C(=O)NCc2cc(OC(F)(F)F)ccc2F)cc(C)n1. The Hall–Kier alpha value is -2.97. The number of ketones is 1. The zero-order chi connectivity index (χ0) is 20.2. The summed E-state index contributed by atoms with van der Waals surface area (Å²) in [7, 11) is 0. The fourth-order valence-electron chi connectivity index (χ4n) is 2.38. The average Bonchev–Trinajstić information content (AvgIpc) is 2.52. The van der Waals surface area contributed by atoms with E-state index in [9.17, 15) is 27.2 Å². The molecule has 2 aromatic rings. The topological polar surface area (TPSA) is 68.3 Å². The minimum Gasteiger partial charge on any atom is -0.406 e. The molecular formula is C18H16F4N2O3. The number of amides is 1. The van der Waals surface area contributed by atoms with Crippen molar-refractivity contribution >= 4 is 11.7 Å². The highest BCUT2D eigenvalue weighted by molar-refractivity contribution is 5.94. The van der Waals surface area contributed by atoms with E-state index >= 15 is 0 Å². The summed E-state index contributed by atoms with van der Waals surface area (Å²) >= 11 is 0. The minimum atomic E-state index is -4.90. The number of hydrogen-bond acceptors (Lipinski definition) is 4. The molecule has 0 saturated heterocycles. The molecule has 1 aromatic carbocycles. The Morgan fingerprint density at radius 3 is 2.52 bits per heavy atom. The molecule has 0 aliphatic heterocycles. The lowest BCUT2D eigenvalue weighted by Crippen LogP contribution is -2.24. The van der Waals surface area contributed by atoms with Crippen LogP contribution in [0.4, 0.5) is 17.6 Å². The Bertz CT molecular complexity index is 866. The van der Waals surface area contributed by atoms with Crippen LogP contribution >= 0.6 is 0 Å². The Morgan fingerprint density at radius 1 is 1.19 bits per heavy atom. The lowest BCUT2D eigenvalue weighted by atomic mass is 10.1. The standard InChI is InChI=1S/C18H16F4N2O3/c1-10-5-12(7-14(24-10)6-11(2)25)17(26)23-9-13-8-15(3-4-16(13)19)27-18(20,21)22/h3-5,7-8H,6,9H2,1-2H3,(H,23,26). The van der Waals surface area contributed by atoms with Crippen molar-refractivity contribution in [1.29, 1.82) is 0 Å². The summed E-state index contributed by atoms with van der Waals surface area (Å²) < 4.78 is 54.3. The normalized spacial score (nSPS) is 11.2. The first-order chi connectivity index (χ1) is 12.5. The number of hydrogen-bond donors (Lipinski definition) is 1. The summed E-state index contributed by atoms with van der Waals surface area (Å²) in [6.45, 7) is 2.70. The van der Waals surface area contributed by atoms with Crippen LogP contribution in [0.5, 0.6) is 5.75 Å². The summed E-state index contributed by atoms with van der Waals surface area (Å²) in [5.41, 5.74) is 0.978. The third-order valence-corrected chi connectivity index (χ3v) is 3.39. The van der Waals surface area contributed by atoms with Crippen LogP contribution in [0.15, 0.2) is 30.3 Å². The number of halogens is 4. The first-order valence-electron chi connectivity index (χ1n) is 7.83. The number of nitrogens with one attached hydrogen (secondary N) is 1. The van der Waals surface area contributed by atoms with Crippen LogP contribution in [-0.4, -0.2) is 23.0 Å². The maximum absolute atomic E-state index is 13.8. The monoisotopic (exact) mass is 384 g/mol. The summed E-state index contributed by atoms with van der Waals surface area (Å²) in [4.78, 5) is 27.6. The Labute approximate surface area is 152 Å². The molecule has 0 spiro atoms. The van der Waals surface area contributed by atoms with E-state index in [1.807, 2.05) is 0 Å². The second kappa shape index (κ2) is 8.15. The predicted octanol–water partition coefficient (Wildman–Crippen LogP) is 3.49. The number of rotatable bonds is 6. The van der Waals surface area contributed by atoms with E-state index in [0.717, 1.165) is 18.2 Å². The van der Waals surface area contributed by atoms with Crippen LogP contribution in [0.2, 0.25) is 0 Å². The van der Waals surface area contributed by atoms with E-state index in [2.05, 4.69) is 15.0 Å². The number of carbonyl (C=O) groups excluding carboxylic acids is 2. The van der Waals surface area contributed by atoms with Gasteiger partial charge in [0.15, 0.2) is 0 Å². The third-order valence-electron chi connectivity index (χ3n) is 3.39. The largest absolute Gasteiger partial charge is 0.573 e. The van der Waals surface area contributed by atoms with Crippen LogP contribution in [0.3, 0.4) is 0 Å². The number of aromatic nitrogens is 1. The summed E-state index contributed by atoms with van der Waals surface area (Å²) in [6.07, 6.45) is -4.84. The van der Waals surface area contributed by atoms with Gasteiger partial charge in [0.25, 0.3) is 5.91 Å². The first kappa shape index (κ1) is 20.3. The molecule has 5 nitrogen and oxygen atoms in total. The summed E-state index contributed by atoms with van der Waals surface area (Å²) in [5, 5.41) is 2.43. The van der Waals surface area contributed by atoms with Gasteiger partial charge in [0.1, 0.15) is 17.3 Å². The van der Waals surface area contributed by atoms with E-state index < -0.39 is 23.8 Å². The van der Waals surface area contributed by atoms with Crippen molar-refractivity contribution in [2.75, 3.05) is 0 Å². The number of carbonyl (C=O) groups is 2. The molecule has 1 aromatic heterocycles. The second-order valence-corrected chi connectivity index (χ2v) is 5.85. The summed E-state index contributed by atoms with van der Waals surface area (Å²) in [6, 6.07) is 5.45. The van der Waals surface area contributed by atoms with Gasteiger partial charge in [-0.1, -0.05) is 0 Å². The van der Waals surface area contributed by atoms with Crippen molar-refractivity contribution in [3.63, 3.8) is 0 Å². The van der Waals surface area contributed by atoms with E-state index in [0.29, 0.717) is 11.4 Å². The molecule has 1 heterocycles. The van der Waals surface area contributed by atoms with Gasteiger partial charge in [-0.2, -0.15) is 0 Å². The number of aryl methyl sites for hydroxylation is 1. The van der Waals surface area contributed by atoms with Gasteiger partial charge in [-0.15, -0.1) is 13.2 Å². The quantitative estimate of drug-likeness (QED) is 0.775. The number of ether oxygens (including phenoxy) is 1. The molecule has 27 heavy (non-hydrogen) atoms. The Morgan fingerprint density at radius 2 is 1.89 bits per heavy atom. The van der Waals surface area contributed by atoms with Gasteiger partial charge in [-0.05, 0) is 44.2 Å². The third kappa shape index (κ3) is 6.36. The molecule has 0 fully saturated rings. The Balaban J connectivity index is 2.12. The van der Waals surface area contributed by atoms with Crippen molar-refractivity contribution in [3.05, 3.63) is 58.7 Å². The molecule has 0 bridgehead atoms. The van der Waals surface area contributed by atoms with Crippen molar-refractivity contribution in [2.45, 2.75) is 33.2 Å². The first-order valence-corrected chi connectivity index (χ1v) is 7.83. The van der Waals surface area contributed by atoms with Crippen LogP contribution in [0.1, 0.15) is 34.2 Å². The fraction of sp³-hybridized carbons (Fsp3) is 0.278. The minimum absolute atomic E-state index is 0.0629. The highest BCUT2D eigenvalue weighted by atomic mass is 19.4. The van der Waals surface area contributed by atoms with Crippen molar-refractivity contribution in [1.82, 2.24) is 10.3 Å². The lowest BCUT2D eigenvalue weighted by Gasteiger charge is -2.12. The van der Waals surface area contributed by atoms with Crippen LogP contribution in [0, 0.1) is 12.7 Å². The highest BCUT2D eigenvalue weighted by Crippen LogP contribution is 2.24. The highest BCUT2D eigenvalue weighted by Gasteiger charge is 2.31. The van der Waals surface area contributed by atoms with E-state index in [1.165, 1.54) is 19.1 Å². The molecular weight excluding hydrogens is 368 g/mol. The van der Waals surface area contributed by atoms with Gasteiger partial charge in [0.05, 0.1) is 0 Å². The van der Waals surface area contributed by atoms with E-state index in [-0.39, 0.29) is 29.9 Å². The predicted molar refractivity (Wildman–Crippen MR) is 87.6 cm³/mol. The van der Waals surface area contributed by atoms with Crippen LogP contribution in [0.25, 0.3) is 0 Å². The van der Waals surface area contributed by atoms with Gasteiger partial charge in [-0.3, -0.25) is 14.6 Å². The molecule has 0 aliphatic rings. The number of alkyl halides is 3. The molecule has 0 unspecified atom stereocenters. The molecule has 1 amide bonds. The number of Topliss-reactive ketones (excluding diaryl/α,β-unsaturated/α-hetero) is 1. The van der Waals surface area contributed by atoms with Gasteiger partial charge in [0.2, 0.25) is 0 Å². The number of nitrogens with zero attached hydrogens (tertiary/aromatic N) is 1. The molecule has 2 rings (SSSR count). The fourth-order valence-corrected chi connectivity index (χ4v) is 2.38. The number of benzene rings is 1.